The first-order chi connectivity index (χ1) is 15.1. The monoisotopic (exact) mass is 556 g/mol. The van der Waals surface area contributed by atoms with Crippen LogP contribution < -0.4 is 4.90 Å². The molecule has 3 aromatic heterocycles. The van der Waals surface area contributed by atoms with Crippen LogP contribution in [-0.2, 0) is 20.8 Å². The van der Waals surface area contributed by atoms with Gasteiger partial charge in [-0.1, -0.05) is 17.7 Å². The topological polar surface area (TPSA) is 68.7 Å². The third-order valence-corrected chi connectivity index (χ3v) is 8.29. The van der Waals surface area contributed by atoms with E-state index in [4.69, 9.17) is 21.1 Å². The molecule has 32 heavy (non-hydrogen) atoms. The second-order valence-electron chi connectivity index (χ2n) is 8.43. The molecule has 0 radical (unpaired) electrons. The molecule has 3 aromatic rings. The molecule has 1 amide bonds. The van der Waals surface area contributed by atoms with Crippen LogP contribution in [0.4, 0.5) is 10.5 Å². The summed E-state index contributed by atoms with van der Waals surface area (Å²) in [4.78, 5) is 33.7. The molecule has 0 bridgehead atoms. The lowest BCUT2D eigenvalue weighted by Crippen LogP contribution is -2.36. The fraction of sp³-hybridized carbons (Fsp3) is 0.409. The number of thiophene rings is 2. The van der Waals surface area contributed by atoms with Crippen molar-refractivity contribution >= 4 is 78.0 Å². The molecule has 0 saturated carbocycles. The number of amides is 1. The van der Waals surface area contributed by atoms with Crippen molar-refractivity contribution in [2.24, 2.45) is 0 Å². The van der Waals surface area contributed by atoms with Gasteiger partial charge in [0.1, 0.15) is 17.4 Å². The van der Waals surface area contributed by atoms with Gasteiger partial charge in [-0.25, -0.2) is 9.78 Å². The summed E-state index contributed by atoms with van der Waals surface area (Å²) in [5.74, 6) is -0.227. The molecule has 4 rings (SSSR count). The third-order valence-electron chi connectivity index (χ3n) is 4.86. The second-order valence-corrected chi connectivity index (χ2v) is 11.7. The standard InChI is InChI=1S/C22H22BrClN2O4S2/c1-22(2,3)30-21(28)26(10-12-5-4-8-31-12)14-9-16(24)25-18-17(23)19(32-20(14)18)13-6-7-29-11-15(13)27/h4-5,8-9,13H,6-7,10-11H2,1-3H3. The summed E-state index contributed by atoms with van der Waals surface area (Å²) in [7, 11) is 0. The predicted molar refractivity (Wildman–Crippen MR) is 132 cm³/mol. The van der Waals surface area contributed by atoms with Crippen molar-refractivity contribution in [3.63, 3.8) is 0 Å². The first kappa shape index (κ1) is 23.6. The molecule has 1 unspecified atom stereocenters. The number of Topliss-reactive ketones (excluding diaryl/α,β-unsaturated/α-hetero) is 1. The highest BCUT2D eigenvalue weighted by Gasteiger charge is 2.32. The van der Waals surface area contributed by atoms with Crippen LogP contribution in [-0.4, -0.2) is 35.7 Å². The molecule has 1 saturated heterocycles. The molecule has 1 atom stereocenters. The van der Waals surface area contributed by atoms with Crippen molar-refractivity contribution in [3.05, 3.63) is 43.0 Å². The van der Waals surface area contributed by atoms with Crippen molar-refractivity contribution in [2.45, 2.75) is 45.3 Å². The highest BCUT2D eigenvalue weighted by atomic mass is 79.9. The number of carbonyl (C=O) groups excluding carboxylic acids is 2. The Morgan fingerprint density at radius 1 is 1.44 bits per heavy atom. The smallest absolute Gasteiger partial charge is 0.415 e. The molecule has 4 heterocycles. The molecule has 170 valence electrons. The molecule has 1 fully saturated rings. The zero-order valence-electron chi connectivity index (χ0n) is 17.8. The van der Waals surface area contributed by atoms with E-state index in [0.29, 0.717) is 30.8 Å². The van der Waals surface area contributed by atoms with Crippen molar-refractivity contribution in [2.75, 3.05) is 18.1 Å². The summed E-state index contributed by atoms with van der Waals surface area (Å²) < 4.78 is 12.5. The van der Waals surface area contributed by atoms with E-state index >= 15 is 0 Å². The Bertz CT molecular complexity index is 1160. The van der Waals surface area contributed by atoms with E-state index in [0.717, 1.165) is 18.9 Å². The Hall–Kier alpha value is -1.52. The van der Waals surface area contributed by atoms with Crippen LogP contribution in [0.25, 0.3) is 10.2 Å². The largest absolute Gasteiger partial charge is 0.443 e. The Balaban J connectivity index is 1.84. The lowest BCUT2D eigenvalue weighted by atomic mass is 9.97. The molecule has 0 spiro atoms. The van der Waals surface area contributed by atoms with E-state index in [1.54, 1.807) is 22.3 Å². The van der Waals surface area contributed by atoms with Crippen LogP contribution in [0.1, 0.15) is 42.9 Å². The van der Waals surface area contributed by atoms with E-state index in [1.165, 1.54) is 11.3 Å². The van der Waals surface area contributed by atoms with Crippen LogP contribution in [0.2, 0.25) is 5.15 Å². The van der Waals surface area contributed by atoms with Gasteiger partial charge in [0.25, 0.3) is 0 Å². The normalized spacial score (nSPS) is 17.0. The molecule has 10 heteroatoms. The van der Waals surface area contributed by atoms with Crippen LogP contribution in [0.15, 0.2) is 28.1 Å². The minimum absolute atomic E-state index is 0.0405. The number of halogens is 2. The molecule has 0 aliphatic carbocycles. The first-order valence-corrected chi connectivity index (χ1v) is 12.9. The van der Waals surface area contributed by atoms with Gasteiger partial charge >= 0.3 is 6.09 Å². The average molecular weight is 558 g/mol. The van der Waals surface area contributed by atoms with E-state index in [-0.39, 0.29) is 23.5 Å². The molecule has 0 N–H and O–H groups in total. The summed E-state index contributed by atoms with van der Waals surface area (Å²) >= 11 is 13.1. The number of hydrogen-bond donors (Lipinski definition) is 0. The van der Waals surface area contributed by atoms with E-state index < -0.39 is 11.7 Å². The van der Waals surface area contributed by atoms with Gasteiger partial charge in [-0.3, -0.25) is 9.69 Å². The summed E-state index contributed by atoms with van der Waals surface area (Å²) in [5, 5.41) is 2.23. The lowest BCUT2D eigenvalue weighted by Gasteiger charge is -2.27. The minimum Gasteiger partial charge on any atom is -0.443 e. The fourth-order valence-corrected chi connectivity index (χ4v) is 6.60. The second kappa shape index (κ2) is 9.38. The molecule has 1 aliphatic heterocycles. The van der Waals surface area contributed by atoms with Gasteiger partial charge in [-0.2, -0.15) is 0 Å². The molecular weight excluding hydrogens is 536 g/mol. The third kappa shape index (κ3) is 5.02. The highest BCUT2D eigenvalue weighted by Crippen LogP contribution is 2.46. The quantitative estimate of drug-likeness (QED) is 0.330. The summed E-state index contributed by atoms with van der Waals surface area (Å²) in [6.07, 6.45) is 0.140. The maximum Gasteiger partial charge on any atom is 0.415 e. The van der Waals surface area contributed by atoms with Gasteiger partial charge < -0.3 is 9.47 Å². The number of nitrogens with zero attached hydrogens (tertiary/aromatic N) is 2. The average Bonchev–Trinajstić information content (AvgIpc) is 3.33. The van der Waals surface area contributed by atoms with Crippen molar-refractivity contribution in [3.8, 4) is 0 Å². The predicted octanol–water partition coefficient (Wildman–Crippen LogP) is 6.79. The number of rotatable bonds is 4. The van der Waals surface area contributed by atoms with E-state index in [1.807, 2.05) is 38.3 Å². The Morgan fingerprint density at radius 2 is 2.22 bits per heavy atom. The molecule has 0 aromatic carbocycles. The number of fused-ring (bicyclic) bond motifs is 1. The van der Waals surface area contributed by atoms with Gasteiger partial charge in [-0.15, -0.1) is 22.7 Å². The lowest BCUT2D eigenvalue weighted by molar-refractivity contribution is -0.128. The number of pyridine rings is 1. The van der Waals surface area contributed by atoms with Crippen LogP contribution in [0, 0.1) is 0 Å². The summed E-state index contributed by atoms with van der Waals surface area (Å²) in [6.45, 7) is 6.47. The number of ketones is 1. The van der Waals surface area contributed by atoms with Gasteiger partial charge in [0.05, 0.1) is 32.8 Å². The Morgan fingerprint density at radius 3 is 2.88 bits per heavy atom. The zero-order valence-corrected chi connectivity index (χ0v) is 21.8. The highest BCUT2D eigenvalue weighted by molar-refractivity contribution is 9.10. The summed E-state index contributed by atoms with van der Waals surface area (Å²) in [6, 6.07) is 5.59. The van der Waals surface area contributed by atoms with Gasteiger partial charge in [0.15, 0.2) is 5.78 Å². The first-order valence-electron chi connectivity index (χ1n) is 10.1. The number of carbonyl (C=O) groups is 2. The fourth-order valence-electron chi connectivity index (χ4n) is 3.47. The number of anilines is 1. The number of hydrogen-bond acceptors (Lipinski definition) is 7. The van der Waals surface area contributed by atoms with Crippen molar-refractivity contribution < 1.29 is 19.1 Å². The summed E-state index contributed by atoms with van der Waals surface area (Å²) in [5.41, 5.74) is 0.585. The van der Waals surface area contributed by atoms with Crippen LogP contribution in [0.3, 0.4) is 0 Å². The molecule has 1 aliphatic rings. The zero-order chi connectivity index (χ0) is 23.0. The SMILES string of the molecule is CC(C)(C)OC(=O)N(Cc1cccs1)c1cc(Cl)nc2c(Br)c(C3CCOCC3=O)sc12. The van der Waals surface area contributed by atoms with Crippen LogP contribution in [0.5, 0.6) is 0 Å². The Kier molecular flexibility index (Phi) is 6.93. The van der Waals surface area contributed by atoms with Crippen molar-refractivity contribution in [1.82, 2.24) is 4.98 Å². The maximum atomic E-state index is 13.3. The minimum atomic E-state index is -0.656. The van der Waals surface area contributed by atoms with Gasteiger partial charge in [-0.05, 0) is 54.6 Å². The van der Waals surface area contributed by atoms with E-state index in [9.17, 15) is 9.59 Å². The number of ether oxygens (including phenoxy) is 2. The van der Waals surface area contributed by atoms with Crippen LogP contribution >= 0.6 is 50.2 Å². The van der Waals surface area contributed by atoms with Gasteiger partial charge in [0.2, 0.25) is 0 Å². The number of aromatic nitrogens is 1. The van der Waals surface area contributed by atoms with Crippen molar-refractivity contribution in [1.29, 1.82) is 0 Å². The molecular formula is C22H22BrClN2O4S2. The maximum absolute atomic E-state index is 13.3. The Labute approximate surface area is 207 Å². The van der Waals surface area contributed by atoms with E-state index in [2.05, 4.69) is 20.9 Å². The molecule has 6 nitrogen and oxygen atoms in total. The van der Waals surface area contributed by atoms with Gasteiger partial charge in [0, 0.05) is 22.4 Å².